The predicted molar refractivity (Wildman–Crippen MR) is 97.1 cm³/mol. The molecular weight excluding hydrogens is 367 g/mol. The fourth-order valence-corrected chi connectivity index (χ4v) is 3.47. The minimum Gasteiger partial charge on any atom is -0.263 e. The summed E-state index contributed by atoms with van der Waals surface area (Å²) in [5, 5.41) is 12.4. The van der Waals surface area contributed by atoms with Gasteiger partial charge in [-0.15, -0.1) is 0 Å². The topological polar surface area (TPSA) is 36.7 Å². The Morgan fingerprint density at radius 3 is 2.46 bits per heavy atom. The normalized spacial score (nSPS) is 10.9. The Kier molecular flexibility index (Phi) is 3.51. The van der Waals surface area contributed by atoms with E-state index in [0.29, 0.717) is 15.4 Å². The van der Waals surface area contributed by atoms with Crippen molar-refractivity contribution < 1.29 is 4.39 Å². The van der Waals surface area contributed by atoms with E-state index < -0.39 is 0 Å². The van der Waals surface area contributed by atoms with Gasteiger partial charge in [0.15, 0.2) is 0 Å². The number of nitriles is 1. The third kappa shape index (κ3) is 2.26. The van der Waals surface area contributed by atoms with Crippen LogP contribution in [0.4, 0.5) is 4.39 Å². The first-order valence-electron chi connectivity index (χ1n) is 7.34. The minimum atomic E-state index is -0.313. The van der Waals surface area contributed by atoms with Gasteiger partial charge in [0.05, 0.1) is 11.6 Å². The number of pyridine rings is 1. The van der Waals surface area contributed by atoms with Crippen LogP contribution in [0, 0.1) is 17.1 Å². The van der Waals surface area contributed by atoms with E-state index in [1.807, 2.05) is 36.4 Å². The molecule has 0 aliphatic heterocycles. The molecule has 4 aromatic rings. The fraction of sp³-hybridized carbons (Fsp3) is 0. The molecule has 24 heavy (non-hydrogen) atoms. The Labute approximate surface area is 146 Å². The average molecular weight is 377 g/mol. The number of halogens is 2. The molecule has 0 bridgehead atoms. The van der Waals surface area contributed by atoms with E-state index in [9.17, 15) is 9.65 Å². The van der Waals surface area contributed by atoms with Gasteiger partial charge >= 0.3 is 0 Å². The number of rotatable bonds is 1. The molecule has 0 spiro atoms. The van der Waals surface area contributed by atoms with Crippen molar-refractivity contribution in [3.05, 3.63) is 76.8 Å². The predicted octanol–water partition coefficient (Wildman–Crippen LogP) is 5.83. The summed E-state index contributed by atoms with van der Waals surface area (Å²) < 4.78 is 14.9. The molecule has 0 saturated heterocycles. The maximum atomic E-state index is 14.3. The highest BCUT2D eigenvalue weighted by Gasteiger charge is 2.13. The molecule has 0 amide bonds. The highest BCUT2D eigenvalue weighted by atomic mass is 79.9. The van der Waals surface area contributed by atoms with Gasteiger partial charge in [-0.1, -0.05) is 46.3 Å². The average Bonchev–Trinajstić information content (AvgIpc) is 2.60. The number of hydrogen-bond donors (Lipinski definition) is 0. The van der Waals surface area contributed by atoms with Crippen molar-refractivity contribution in [3.8, 4) is 17.2 Å². The lowest BCUT2D eigenvalue weighted by molar-refractivity contribution is 0.638. The van der Waals surface area contributed by atoms with E-state index in [4.69, 9.17) is 0 Å². The molecule has 114 valence electrons. The molecule has 0 saturated carbocycles. The first-order chi connectivity index (χ1) is 11.7. The summed E-state index contributed by atoms with van der Waals surface area (Å²) in [6.45, 7) is 0. The number of benzene rings is 3. The van der Waals surface area contributed by atoms with Gasteiger partial charge in [0.25, 0.3) is 0 Å². The van der Waals surface area contributed by atoms with Crippen LogP contribution < -0.4 is 0 Å². The molecule has 1 heterocycles. The third-order valence-corrected chi connectivity index (χ3v) is 4.58. The van der Waals surface area contributed by atoms with Crippen molar-refractivity contribution in [2.24, 2.45) is 0 Å². The van der Waals surface area contributed by atoms with E-state index in [-0.39, 0.29) is 5.82 Å². The van der Waals surface area contributed by atoms with Gasteiger partial charge in [-0.2, -0.15) is 5.26 Å². The minimum absolute atomic E-state index is 0.313. The van der Waals surface area contributed by atoms with E-state index in [1.54, 1.807) is 12.3 Å². The van der Waals surface area contributed by atoms with Gasteiger partial charge in [-0.25, -0.2) is 4.39 Å². The molecule has 0 radical (unpaired) electrons. The third-order valence-electron chi connectivity index (χ3n) is 4.13. The van der Waals surface area contributed by atoms with E-state index in [1.165, 1.54) is 12.3 Å². The summed E-state index contributed by atoms with van der Waals surface area (Å²) in [6, 6.07) is 17.0. The van der Waals surface area contributed by atoms with Gasteiger partial charge in [0.1, 0.15) is 5.82 Å². The Morgan fingerprint density at radius 2 is 1.67 bits per heavy atom. The first-order valence-corrected chi connectivity index (χ1v) is 8.13. The van der Waals surface area contributed by atoms with Crippen LogP contribution >= 0.6 is 15.9 Å². The van der Waals surface area contributed by atoms with Crippen molar-refractivity contribution in [1.82, 2.24) is 4.98 Å². The summed E-state index contributed by atoms with van der Waals surface area (Å²) in [5.41, 5.74) is 2.39. The van der Waals surface area contributed by atoms with Crippen LogP contribution in [0.5, 0.6) is 0 Å². The van der Waals surface area contributed by atoms with Gasteiger partial charge in [0, 0.05) is 33.2 Å². The number of fused-ring (bicyclic) bond motifs is 2. The monoisotopic (exact) mass is 376 g/mol. The van der Waals surface area contributed by atoms with Gasteiger partial charge in [-0.05, 0) is 34.5 Å². The zero-order chi connectivity index (χ0) is 16.7. The summed E-state index contributed by atoms with van der Waals surface area (Å²) >= 11 is 3.36. The lowest BCUT2D eigenvalue weighted by Gasteiger charge is -2.11. The van der Waals surface area contributed by atoms with Crippen LogP contribution in [-0.2, 0) is 0 Å². The zero-order valence-corrected chi connectivity index (χ0v) is 14.0. The van der Waals surface area contributed by atoms with Crippen molar-refractivity contribution in [1.29, 1.82) is 5.26 Å². The first kappa shape index (κ1) is 14.8. The fourth-order valence-electron chi connectivity index (χ4n) is 3.04. The molecular formula is C20H10BrFN2. The maximum Gasteiger partial charge on any atom is 0.133 e. The van der Waals surface area contributed by atoms with Crippen LogP contribution in [0.2, 0.25) is 0 Å². The van der Waals surface area contributed by atoms with Crippen LogP contribution in [0.3, 0.4) is 0 Å². The molecule has 2 nitrogen and oxygen atoms in total. The van der Waals surface area contributed by atoms with E-state index in [2.05, 4.69) is 27.0 Å². The number of nitrogens with zero attached hydrogens (tertiary/aromatic N) is 2. The molecule has 0 aliphatic carbocycles. The van der Waals surface area contributed by atoms with Gasteiger partial charge in [-0.3, -0.25) is 4.98 Å². The Morgan fingerprint density at radius 1 is 0.875 bits per heavy atom. The lowest BCUT2D eigenvalue weighted by atomic mass is 9.93. The van der Waals surface area contributed by atoms with E-state index in [0.717, 1.165) is 27.3 Å². The molecule has 1 aromatic heterocycles. The van der Waals surface area contributed by atoms with Crippen LogP contribution in [0.15, 0.2) is 65.4 Å². The Bertz CT molecular complexity index is 1150. The van der Waals surface area contributed by atoms with Crippen LogP contribution in [0.1, 0.15) is 5.56 Å². The second kappa shape index (κ2) is 5.70. The Balaban J connectivity index is 2.14. The molecule has 4 heteroatoms. The molecule has 0 N–H and O–H groups in total. The SMILES string of the molecule is N#Cc1ccc(-c2cncc3c(F)cc(Br)cc23)c2ccccc12. The van der Waals surface area contributed by atoms with Gasteiger partial charge in [0.2, 0.25) is 0 Å². The van der Waals surface area contributed by atoms with Crippen molar-refractivity contribution >= 4 is 37.5 Å². The van der Waals surface area contributed by atoms with Crippen molar-refractivity contribution in [2.45, 2.75) is 0 Å². The summed E-state index contributed by atoms with van der Waals surface area (Å²) in [6.07, 6.45) is 3.27. The smallest absolute Gasteiger partial charge is 0.133 e. The zero-order valence-electron chi connectivity index (χ0n) is 12.4. The molecule has 4 rings (SSSR count). The van der Waals surface area contributed by atoms with Crippen molar-refractivity contribution in [2.75, 3.05) is 0 Å². The number of aromatic nitrogens is 1. The molecule has 3 aromatic carbocycles. The van der Waals surface area contributed by atoms with Crippen molar-refractivity contribution in [3.63, 3.8) is 0 Å². The molecule has 0 unspecified atom stereocenters. The molecule has 0 aliphatic rings. The van der Waals surface area contributed by atoms with Crippen LogP contribution in [0.25, 0.3) is 32.7 Å². The second-order valence-corrected chi connectivity index (χ2v) is 6.40. The van der Waals surface area contributed by atoms with Gasteiger partial charge < -0.3 is 0 Å². The molecule has 0 atom stereocenters. The highest BCUT2D eigenvalue weighted by Crippen LogP contribution is 2.36. The summed E-state index contributed by atoms with van der Waals surface area (Å²) in [5.74, 6) is -0.313. The summed E-state index contributed by atoms with van der Waals surface area (Å²) in [4.78, 5) is 4.21. The Hall–Kier alpha value is -2.77. The highest BCUT2D eigenvalue weighted by molar-refractivity contribution is 9.10. The quantitative estimate of drug-likeness (QED) is 0.419. The standard InChI is InChI=1S/C20H10BrFN2/c21-13-7-17-18(10-24-11-19(17)20(22)8-13)16-6-5-12(9-23)14-3-1-2-4-15(14)16/h1-8,10-11H. The van der Waals surface area contributed by atoms with Crippen LogP contribution in [-0.4, -0.2) is 4.98 Å². The molecule has 0 fully saturated rings. The summed E-state index contributed by atoms with van der Waals surface area (Å²) in [7, 11) is 0. The van der Waals surface area contributed by atoms with E-state index >= 15 is 0 Å². The largest absolute Gasteiger partial charge is 0.263 e. The second-order valence-electron chi connectivity index (χ2n) is 5.49. The number of hydrogen-bond acceptors (Lipinski definition) is 2. The lowest BCUT2D eigenvalue weighted by Crippen LogP contribution is -1.90. The maximum absolute atomic E-state index is 14.3.